The predicted octanol–water partition coefficient (Wildman–Crippen LogP) is 0.508. The van der Waals surface area contributed by atoms with Crippen LogP contribution < -0.4 is 5.43 Å². The highest BCUT2D eigenvalue weighted by molar-refractivity contribution is 5.96. The highest BCUT2D eigenvalue weighted by atomic mass is 19.1. The van der Waals surface area contributed by atoms with Crippen molar-refractivity contribution < 1.29 is 19.0 Å². The van der Waals surface area contributed by atoms with Gasteiger partial charge < -0.3 is 9.84 Å². The summed E-state index contributed by atoms with van der Waals surface area (Å²) in [7, 11) is 0. The Morgan fingerprint density at radius 1 is 1.41 bits per heavy atom. The SMILES string of the molecule is O=C(NN1CCOCC1)c1cc(F)ccc1O. The molecule has 1 aliphatic heterocycles. The average molecular weight is 240 g/mol. The van der Waals surface area contributed by atoms with E-state index in [1.54, 1.807) is 5.01 Å². The predicted molar refractivity (Wildman–Crippen MR) is 57.9 cm³/mol. The number of hydrazine groups is 1. The highest BCUT2D eigenvalue weighted by Crippen LogP contribution is 2.17. The number of phenolic OH excluding ortho intramolecular Hbond substituents is 1. The van der Waals surface area contributed by atoms with Crippen LogP contribution in [0, 0.1) is 5.82 Å². The summed E-state index contributed by atoms with van der Waals surface area (Å²) in [6.07, 6.45) is 0. The number of phenols is 1. The molecule has 6 heteroatoms. The van der Waals surface area contributed by atoms with E-state index in [0.29, 0.717) is 26.3 Å². The van der Waals surface area contributed by atoms with E-state index < -0.39 is 11.7 Å². The Morgan fingerprint density at radius 3 is 2.82 bits per heavy atom. The van der Waals surface area contributed by atoms with Crippen LogP contribution in [-0.2, 0) is 4.74 Å². The Kier molecular flexibility index (Phi) is 3.55. The second-order valence-corrected chi connectivity index (χ2v) is 3.70. The summed E-state index contributed by atoms with van der Waals surface area (Å²) >= 11 is 0. The molecular formula is C11H13FN2O3. The van der Waals surface area contributed by atoms with Crippen molar-refractivity contribution in [2.45, 2.75) is 0 Å². The lowest BCUT2D eigenvalue weighted by atomic mass is 10.2. The number of amides is 1. The van der Waals surface area contributed by atoms with Gasteiger partial charge in [0.2, 0.25) is 0 Å². The molecule has 0 bridgehead atoms. The first-order chi connectivity index (χ1) is 8.16. The molecule has 2 N–H and O–H groups in total. The van der Waals surface area contributed by atoms with Crippen LogP contribution in [0.3, 0.4) is 0 Å². The van der Waals surface area contributed by atoms with E-state index in [9.17, 15) is 14.3 Å². The fourth-order valence-electron chi connectivity index (χ4n) is 1.57. The van der Waals surface area contributed by atoms with Crippen molar-refractivity contribution in [3.63, 3.8) is 0 Å². The maximum Gasteiger partial charge on any atom is 0.269 e. The molecule has 0 aliphatic carbocycles. The molecule has 2 rings (SSSR count). The van der Waals surface area contributed by atoms with Gasteiger partial charge in [-0.25, -0.2) is 9.40 Å². The summed E-state index contributed by atoms with van der Waals surface area (Å²) in [5.74, 6) is -1.32. The molecule has 1 saturated heterocycles. The van der Waals surface area contributed by atoms with E-state index in [-0.39, 0.29) is 11.3 Å². The minimum atomic E-state index is -0.560. The minimum absolute atomic E-state index is 0.0727. The zero-order valence-corrected chi connectivity index (χ0v) is 9.15. The van der Waals surface area contributed by atoms with E-state index in [0.717, 1.165) is 18.2 Å². The molecule has 92 valence electrons. The van der Waals surface area contributed by atoms with E-state index in [4.69, 9.17) is 4.74 Å². The highest BCUT2D eigenvalue weighted by Gasteiger charge is 2.17. The van der Waals surface area contributed by atoms with Crippen LogP contribution in [0.4, 0.5) is 4.39 Å². The van der Waals surface area contributed by atoms with Crippen LogP contribution in [0.25, 0.3) is 0 Å². The maximum atomic E-state index is 13.0. The number of rotatable bonds is 2. The molecule has 1 aliphatic rings. The van der Waals surface area contributed by atoms with Crippen molar-refractivity contribution in [1.29, 1.82) is 0 Å². The molecule has 0 spiro atoms. The third-order valence-electron chi connectivity index (χ3n) is 2.47. The van der Waals surface area contributed by atoms with Gasteiger partial charge in [-0.15, -0.1) is 0 Å². The Labute approximate surface area is 97.8 Å². The summed E-state index contributed by atoms with van der Waals surface area (Å²) < 4.78 is 18.1. The van der Waals surface area contributed by atoms with Gasteiger partial charge in [-0.3, -0.25) is 10.2 Å². The van der Waals surface area contributed by atoms with Crippen molar-refractivity contribution in [3.8, 4) is 5.75 Å². The lowest BCUT2D eigenvalue weighted by Gasteiger charge is -2.26. The quantitative estimate of drug-likeness (QED) is 0.790. The Hall–Kier alpha value is -1.66. The summed E-state index contributed by atoms with van der Waals surface area (Å²) in [5, 5.41) is 11.1. The molecular weight excluding hydrogens is 227 g/mol. The van der Waals surface area contributed by atoms with Crippen molar-refractivity contribution >= 4 is 5.91 Å². The smallest absolute Gasteiger partial charge is 0.269 e. The van der Waals surface area contributed by atoms with E-state index in [2.05, 4.69) is 5.43 Å². The van der Waals surface area contributed by atoms with Gasteiger partial charge in [0.05, 0.1) is 18.8 Å². The molecule has 0 unspecified atom stereocenters. The van der Waals surface area contributed by atoms with E-state index in [1.165, 1.54) is 0 Å². The van der Waals surface area contributed by atoms with Crippen LogP contribution in [0.1, 0.15) is 10.4 Å². The molecule has 5 nitrogen and oxygen atoms in total. The lowest BCUT2D eigenvalue weighted by Crippen LogP contribution is -2.48. The number of aromatic hydroxyl groups is 1. The first-order valence-corrected chi connectivity index (χ1v) is 5.29. The second kappa shape index (κ2) is 5.11. The number of nitrogens with zero attached hydrogens (tertiary/aromatic N) is 1. The summed E-state index contributed by atoms with van der Waals surface area (Å²) in [5.41, 5.74) is 2.52. The number of nitrogens with one attached hydrogen (secondary N) is 1. The molecule has 1 fully saturated rings. The molecule has 0 saturated carbocycles. The number of morpholine rings is 1. The zero-order valence-electron chi connectivity index (χ0n) is 9.15. The molecule has 17 heavy (non-hydrogen) atoms. The van der Waals surface area contributed by atoms with E-state index in [1.807, 2.05) is 0 Å². The molecule has 0 atom stereocenters. The number of benzene rings is 1. The lowest BCUT2D eigenvalue weighted by molar-refractivity contribution is 0.0125. The second-order valence-electron chi connectivity index (χ2n) is 3.70. The average Bonchev–Trinajstić information content (AvgIpc) is 2.33. The Balaban J connectivity index is 2.05. The van der Waals surface area contributed by atoms with Crippen molar-refractivity contribution in [2.24, 2.45) is 0 Å². The van der Waals surface area contributed by atoms with Gasteiger partial charge in [0.15, 0.2) is 0 Å². The molecule has 0 radical (unpaired) electrons. The molecule has 1 aromatic rings. The van der Waals surface area contributed by atoms with Gasteiger partial charge >= 0.3 is 0 Å². The summed E-state index contributed by atoms with van der Waals surface area (Å²) in [4.78, 5) is 11.8. The normalized spacial score (nSPS) is 16.8. The third kappa shape index (κ3) is 2.92. The number of hydrogen-bond donors (Lipinski definition) is 2. The summed E-state index contributed by atoms with van der Waals surface area (Å²) in [6.45, 7) is 2.22. The van der Waals surface area contributed by atoms with Crippen molar-refractivity contribution in [1.82, 2.24) is 10.4 Å². The number of carbonyl (C=O) groups is 1. The molecule has 0 aromatic heterocycles. The van der Waals surface area contributed by atoms with Crippen LogP contribution in [0.15, 0.2) is 18.2 Å². The fraction of sp³-hybridized carbons (Fsp3) is 0.364. The van der Waals surface area contributed by atoms with Gasteiger partial charge in [-0.2, -0.15) is 0 Å². The van der Waals surface area contributed by atoms with Crippen LogP contribution >= 0.6 is 0 Å². The van der Waals surface area contributed by atoms with Crippen LogP contribution in [0.2, 0.25) is 0 Å². The van der Waals surface area contributed by atoms with Gasteiger partial charge in [0.1, 0.15) is 11.6 Å². The van der Waals surface area contributed by atoms with E-state index >= 15 is 0 Å². The largest absolute Gasteiger partial charge is 0.507 e. The van der Waals surface area contributed by atoms with Gasteiger partial charge in [-0.05, 0) is 18.2 Å². The number of hydrogen-bond acceptors (Lipinski definition) is 4. The topological polar surface area (TPSA) is 61.8 Å². The molecule has 1 amide bonds. The van der Waals surface area contributed by atoms with Gasteiger partial charge in [0, 0.05) is 13.1 Å². The Morgan fingerprint density at radius 2 is 2.12 bits per heavy atom. The third-order valence-corrected chi connectivity index (χ3v) is 2.47. The first kappa shape index (κ1) is 11.8. The number of halogens is 1. The molecule has 1 heterocycles. The standard InChI is InChI=1S/C11H13FN2O3/c12-8-1-2-10(15)9(7-8)11(16)13-14-3-5-17-6-4-14/h1-2,7,15H,3-6H2,(H,13,16). The van der Waals surface area contributed by atoms with Gasteiger partial charge in [0.25, 0.3) is 5.91 Å². The zero-order chi connectivity index (χ0) is 12.3. The fourth-order valence-corrected chi connectivity index (χ4v) is 1.57. The van der Waals surface area contributed by atoms with Crippen LogP contribution in [0.5, 0.6) is 5.75 Å². The molecule has 1 aromatic carbocycles. The van der Waals surface area contributed by atoms with Gasteiger partial charge in [-0.1, -0.05) is 0 Å². The first-order valence-electron chi connectivity index (χ1n) is 5.29. The summed E-state index contributed by atoms with van der Waals surface area (Å²) in [6, 6.07) is 3.26. The number of carbonyl (C=O) groups excluding carboxylic acids is 1. The van der Waals surface area contributed by atoms with Crippen molar-refractivity contribution in [3.05, 3.63) is 29.6 Å². The number of ether oxygens (including phenoxy) is 1. The van der Waals surface area contributed by atoms with Crippen molar-refractivity contribution in [2.75, 3.05) is 26.3 Å². The monoisotopic (exact) mass is 240 g/mol. The maximum absolute atomic E-state index is 13.0. The minimum Gasteiger partial charge on any atom is -0.507 e. The Bertz CT molecular complexity index is 419. The van der Waals surface area contributed by atoms with Crippen LogP contribution in [-0.4, -0.2) is 42.3 Å².